The highest BCUT2D eigenvalue weighted by Gasteiger charge is 2.21. The van der Waals surface area contributed by atoms with Crippen LogP contribution in [0.3, 0.4) is 0 Å². The average Bonchev–Trinajstić information content (AvgIpc) is 2.98. The fourth-order valence-corrected chi connectivity index (χ4v) is 3.77. The van der Waals surface area contributed by atoms with Crippen LogP contribution in [0.15, 0.2) is 48.8 Å². The Bertz CT molecular complexity index is 920. The first-order valence-corrected chi connectivity index (χ1v) is 9.20. The van der Waals surface area contributed by atoms with E-state index < -0.39 is 6.10 Å². The van der Waals surface area contributed by atoms with Crippen molar-refractivity contribution in [2.24, 2.45) is 0 Å². The summed E-state index contributed by atoms with van der Waals surface area (Å²) in [5.41, 5.74) is 2.95. The molecular formula is C19H15Cl4NO. The van der Waals surface area contributed by atoms with Crippen LogP contribution in [-0.2, 0) is 6.54 Å². The van der Waals surface area contributed by atoms with Gasteiger partial charge in [0.15, 0.2) is 0 Å². The number of benzene rings is 2. The maximum atomic E-state index is 11.0. The van der Waals surface area contributed by atoms with Crippen LogP contribution in [0.1, 0.15) is 24.2 Å². The van der Waals surface area contributed by atoms with E-state index in [1.54, 1.807) is 30.3 Å². The van der Waals surface area contributed by atoms with Crippen LogP contribution >= 0.6 is 46.4 Å². The Kier molecular flexibility index (Phi) is 5.67. The normalized spacial score (nSPS) is 12.4. The van der Waals surface area contributed by atoms with Gasteiger partial charge in [-0.25, -0.2) is 0 Å². The second kappa shape index (κ2) is 7.61. The van der Waals surface area contributed by atoms with Crippen LogP contribution in [0.25, 0.3) is 11.1 Å². The van der Waals surface area contributed by atoms with Crippen molar-refractivity contribution < 1.29 is 5.11 Å². The molecule has 1 aromatic heterocycles. The predicted octanol–water partition coefficient (Wildman–Crippen LogP) is 6.87. The van der Waals surface area contributed by atoms with Crippen LogP contribution in [0.2, 0.25) is 20.1 Å². The summed E-state index contributed by atoms with van der Waals surface area (Å²) < 4.78 is 1.99. The number of aliphatic hydroxyl groups is 1. The van der Waals surface area contributed by atoms with Crippen LogP contribution < -0.4 is 0 Å². The minimum Gasteiger partial charge on any atom is -0.384 e. The van der Waals surface area contributed by atoms with Gasteiger partial charge in [0.1, 0.15) is 6.10 Å². The lowest BCUT2D eigenvalue weighted by Gasteiger charge is -2.15. The molecule has 25 heavy (non-hydrogen) atoms. The molecule has 3 aromatic rings. The zero-order valence-electron chi connectivity index (χ0n) is 13.3. The van der Waals surface area contributed by atoms with Gasteiger partial charge in [-0.2, -0.15) is 0 Å². The van der Waals surface area contributed by atoms with E-state index in [4.69, 9.17) is 46.4 Å². The van der Waals surface area contributed by atoms with Crippen molar-refractivity contribution >= 4 is 46.4 Å². The summed E-state index contributed by atoms with van der Waals surface area (Å²) in [6, 6.07) is 10.4. The highest BCUT2D eigenvalue weighted by atomic mass is 35.5. The van der Waals surface area contributed by atoms with Gasteiger partial charge in [-0.15, -0.1) is 0 Å². The number of aromatic nitrogens is 1. The van der Waals surface area contributed by atoms with Gasteiger partial charge in [0, 0.05) is 61.3 Å². The second-order valence-corrected chi connectivity index (χ2v) is 7.34. The van der Waals surface area contributed by atoms with Crippen molar-refractivity contribution in [2.45, 2.75) is 19.6 Å². The number of nitrogens with zero attached hydrogens (tertiary/aromatic N) is 1. The predicted molar refractivity (Wildman–Crippen MR) is 106 cm³/mol. The summed E-state index contributed by atoms with van der Waals surface area (Å²) in [7, 11) is 0. The molecule has 0 aliphatic heterocycles. The Morgan fingerprint density at radius 1 is 0.840 bits per heavy atom. The van der Waals surface area contributed by atoms with Crippen molar-refractivity contribution in [1.82, 2.24) is 4.57 Å². The SMILES string of the molecule is CCn1cc(-c2ccc(Cl)cc2Cl)c(C(O)c2ccc(Cl)cc2Cl)c1. The zero-order chi connectivity index (χ0) is 18.1. The summed E-state index contributed by atoms with van der Waals surface area (Å²) in [5, 5.41) is 13.0. The van der Waals surface area contributed by atoms with E-state index >= 15 is 0 Å². The van der Waals surface area contributed by atoms with Gasteiger partial charge in [-0.3, -0.25) is 0 Å². The van der Waals surface area contributed by atoms with Gasteiger partial charge in [0.25, 0.3) is 0 Å². The number of hydrogen-bond acceptors (Lipinski definition) is 1. The molecule has 0 amide bonds. The number of halogens is 4. The van der Waals surface area contributed by atoms with Crippen LogP contribution in [-0.4, -0.2) is 9.67 Å². The minimum absolute atomic E-state index is 0.414. The smallest absolute Gasteiger partial charge is 0.108 e. The molecule has 3 rings (SSSR count). The first-order chi connectivity index (χ1) is 11.9. The third-order valence-corrected chi connectivity index (χ3v) is 5.16. The molecule has 2 aromatic carbocycles. The molecule has 0 saturated carbocycles. The van der Waals surface area contributed by atoms with Crippen LogP contribution in [0, 0.1) is 0 Å². The van der Waals surface area contributed by atoms with Gasteiger partial charge in [-0.1, -0.05) is 58.5 Å². The van der Waals surface area contributed by atoms with Crippen molar-refractivity contribution in [3.8, 4) is 11.1 Å². The Morgan fingerprint density at radius 2 is 1.48 bits per heavy atom. The van der Waals surface area contributed by atoms with Crippen molar-refractivity contribution in [3.63, 3.8) is 0 Å². The van der Waals surface area contributed by atoms with E-state index in [2.05, 4.69) is 0 Å². The molecule has 0 spiro atoms. The highest BCUT2D eigenvalue weighted by molar-refractivity contribution is 6.36. The lowest BCUT2D eigenvalue weighted by Crippen LogP contribution is -2.01. The standard InChI is InChI=1S/C19H15Cl4NO/c1-2-24-9-15(13-5-3-11(20)7-17(13)22)16(10-24)19(25)14-6-4-12(21)8-18(14)23/h3-10,19,25H,2H2,1H3. The third kappa shape index (κ3) is 3.84. The summed E-state index contributed by atoms with van der Waals surface area (Å²) >= 11 is 24.6. The van der Waals surface area contributed by atoms with Gasteiger partial charge in [0.2, 0.25) is 0 Å². The fourth-order valence-electron chi connectivity index (χ4n) is 2.75. The Labute approximate surface area is 166 Å². The van der Waals surface area contributed by atoms with E-state index in [-0.39, 0.29) is 0 Å². The quantitative estimate of drug-likeness (QED) is 0.494. The maximum absolute atomic E-state index is 11.0. The third-order valence-electron chi connectivity index (χ3n) is 4.05. The average molecular weight is 415 g/mol. The van der Waals surface area contributed by atoms with Crippen molar-refractivity contribution in [1.29, 1.82) is 0 Å². The number of hydrogen-bond donors (Lipinski definition) is 1. The monoisotopic (exact) mass is 413 g/mol. The van der Waals surface area contributed by atoms with E-state index in [0.717, 1.165) is 23.2 Å². The molecule has 0 aliphatic rings. The molecule has 2 nitrogen and oxygen atoms in total. The summed E-state index contributed by atoms with van der Waals surface area (Å²) in [6.45, 7) is 2.79. The first-order valence-electron chi connectivity index (χ1n) is 7.68. The van der Waals surface area contributed by atoms with Gasteiger partial charge < -0.3 is 9.67 Å². The van der Waals surface area contributed by atoms with E-state index in [1.165, 1.54) is 0 Å². The topological polar surface area (TPSA) is 25.2 Å². The first kappa shape index (κ1) is 18.6. The fraction of sp³-hybridized carbons (Fsp3) is 0.158. The summed E-state index contributed by atoms with van der Waals surface area (Å²) in [5.74, 6) is 0. The van der Waals surface area contributed by atoms with Crippen molar-refractivity contribution in [2.75, 3.05) is 0 Å². The molecule has 0 radical (unpaired) electrons. The Morgan fingerprint density at radius 3 is 2.08 bits per heavy atom. The molecule has 1 atom stereocenters. The number of aliphatic hydroxyl groups excluding tert-OH is 1. The lowest BCUT2D eigenvalue weighted by atomic mass is 9.96. The molecule has 1 N–H and O–H groups in total. The lowest BCUT2D eigenvalue weighted by molar-refractivity contribution is 0.221. The van der Waals surface area contributed by atoms with Gasteiger partial charge in [-0.05, 0) is 31.2 Å². The molecule has 0 saturated heterocycles. The number of aryl methyl sites for hydroxylation is 1. The second-order valence-electron chi connectivity index (χ2n) is 5.65. The molecule has 1 heterocycles. The molecular weight excluding hydrogens is 400 g/mol. The largest absolute Gasteiger partial charge is 0.384 e. The van der Waals surface area contributed by atoms with E-state index in [0.29, 0.717) is 25.7 Å². The Hall–Kier alpha value is -1.16. The van der Waals surface area contributed by atoms with E-state index in [9.17, 15) is 5.11 Å². The van der Waals surface area contributed by atoms with Crippen molar-refractivity contribution in [3.05, 3.63) is 80.0 Å². The Balaban J connectivity index is 2.14. The molecule has 0 aliphatic carbocycles. The van der Waals surface area contributed by atoms with Gasteiger partial charge >= 0.3 is 0 Å². The molecule has 1 unspecified atom stereocenters. The highest BCUT2D eigenvalue weighted by Crippen LogP contribution is 2.39. The van der Waals surface area contributed by atoms with Crippen LogP contribution in [0.4, 0.5) is 0 Å². The summed E-state index contributed by atoms with van der Waals surface area (Å²) in [6.07, 6.45) is 2.95. The van der Waals surface area contributed by atoms with E-state index in [1.807, 2.05) is 30.0 Å². The molecule has 130 valence electrons. The number of rotatable bonds is 4. The van der Waals surface area contributed by atoms with Gasteiger partial charge in [0.05, 0.1) is 0 Å². The molecule has 0 bridgehead atoms. The minimum atomic E-state index is -0.903. The summed E-state index contributed by atoms with van der Waals surface area (Å²) in [4.78, 5) is 0. The molecule has 6 heteroatoms. The van der Waals surface area contributed by atoms with Crippen LogP contribution in [0.5, 0.6) is 0 Å². The maximum Gasteiger partial charge on any atom is 0.108 e. The zero-order valence-corrected chi connectivity index (χ0v) is 16.3. The molecule has 0 fully saturated rings.